The lowest BCUT2D eigenvalue weighted by Gasteiger charge is -2.11. The van der Waals surface area contributed by atoms with Gasteiger partial charge in [-0.25, -0.2) is 8.42 Å². The van der Waals surface area contributed by atoms with Crippen LogP contribution in [0.15, 0.2) is 29.3 Å². The number of hydrogen-bond acceptors (Lipinski definition) is 4. The molecular formula is C13H16N4O2S2. The molecule has 2 rings (SSSR count). The molecule has 0 atom stereocenters. The van der Waals surface area contributed by atoms with Crippen molar-refractivity contribution >= 4 is 32.9 Å². The van der Waals surface area contributed by atoms with Gasteiger partial charge in [0.15, 0.2) is 0 Å². The van der Waals surface area contributed by atoms with E-state index in [2.05, 4.69) is 9.82 Å². The topological polar surface area (TPSA) is 90.0 Å². The summed E-state index contributed by atoms with van der Waals surface area (Å²) in [5.74, 6) is 0. The molecule has 8 heteroatoms. The fourth-order valence-corrected chi connectivity index (χ4v) is 3.44. The highest BCUT2D eigenvalue weighted by Crippen LogP contribution is 2.22. The highest BCUT2D eigenvalue weighted by molar-refractivity contribution is 7.92. The normalized spacial score (nSPS) is 11.4. The maximum atomic E-state index is 12.5. The van der Waals surface area contributed by atoms with Gasteiger partial charge in [-0.1, -0.05) is 24.4 Å². The predicted octanol–water partition coefficient (Wildman–Crippen LogP) is 1.47. The molecule has 1 heterocycles. The lowest BCUT2D eigenvalue weighted by atomic mass is 10.1. The molecule has 0 aliphatic heterocycles. The summed E-state index contributed by atoms with van der Waals surface area (Å²) in [4.78, 5) is 0.306. The van der Waals surface area contributed by atoms with E-state index in [1.807, 2.05) is 0 Å². The number of nitrogens with two attached hydrogens (primary N) is 1. The van der Waals surface area contributed by atoms with Crippen molar-refractivity contribution in [2.45, 2.75) is 18.7 Å². The van der Waals surface area contributed by atoms with E-state index >= 15 is 0 Å². The summed E-state index contributed by atoms with van der Waals surface area (Å²) in [6.07, 6.45) is 1.61. The van der Waals surface area contributed by atoms with Gasteiger partial charge >= 0.3 is 0 Å². The van der Waals surface area contributed by atoms with E-state index in [0.29, 0.717) is 22.5 Å². The lowest BCUT2D eigenvalue weighted by molar-refractivity contribution is 0.600. The van der Waals surface area contributed by atoms with Crippen molar-refractivity contribution in [1.29, 1.82) is 0 Å². The second kappa shape index (κ2) is 5.45. The SMILES string of the molecule is Cc1ccc(C(N)=S)cc1S(=O)(=O)Nc1cn(C)nc1C. The molecule has 112 valence electrons. The number of rotatable bonds is 4. The van der Waals surface area contributed by atoms with Crippen LogP contribution in [0.1, 0.15) is 16.8 Å². The number of nitrogens with zero attached hydrogens (tertiary/aromatic N) is 2. The fraction of sp³-hybridized carbons (Fsp3) is 0.231. The number of thiocarbonyl (C=S) groups is 1. The summed E-state index contributed by atoms with van der Waals surface area (Å²) in [7, 11) is -2.00. The van der Waals surface area contributed by atoms with Crippen molar-refractivity contribution < 1.29 is 8.42 Å². The molecule has 3 N–H and O–H groups in total. The fourth-order valence-electron chi connectivity index (χ4n) is 1.94. The number of benzene rings is 1. The van der Waals surface area contributed by atoms with Crippen LogP contribution < -0.4 is 10.5 Å². The van der Waals surface area contributed by atoms with E-state index in [4.69, 9.17) is 18.0 Å². The largest absolute Gasteiger partial charge is 0.389 e. The zero-order chi connectivity index (χ0) is 15.8. The first-order valence-corrected chi connectivity index (χ1v) is 8.03. The molecule has 21 heavy (non-hydrogen) atoms. The van der Waals surface area contributed by atoms with Crippen LogP contribution in [0, 0.1) is 13.8 Å². The number of nitrogens with one attached hydrogen (secondary N) is 1. The summed E-state index contributed by atoms with van der Waals surface area (Å²) in [5, 5.41) is 4.11. The Balaban J connectivity index is 2.46. The zero-order valence-electron chi connectivity index (χ0n) is 11.9. The van der Waals surface area contributed by atoms with Crippen LogP contribution in [-0.2, 0) is 17.1 Å². The highest BCUT2D eigenvalue weighted by atomic mass is 32.2. The molecule has 1 aromatic carbocycles. The summed E-state index contributed by atoms with van der Waals surface area (Å²) in [6, 6.07) is 4.86. The molecule has 0 fully saturated rings. The van der Waals surface area contributed by atoms with Crippen molar-refractivity contribution in [3.63, 3.8) is 0 Å². The minimum atomic E-state index is -3.73. The molecule has 0 bridgehead atoms. The van der Waals surface area contributed by atoms with Gasteiger partial charge in [0.2, 0.25) is 0 Å². The molecule has 0 aliphatic rings. The number of aryl methyl sites for hydroxylation is 3. The minimum Gasteiger partial charge on any atom is -0.389 e. The van der Waals surface area contributed by atoms with Crippen molar-refractivity contribution in [2.24, 2.45) is 12.8 Å². The van der Waals surface area contributed by atoms with Crippen molar-refractivity contribution in [3.05, 3.63) is 41.2 Å². The minimum absolute atomic E-state index is 0.149. The summed E-state index contributed by atoms with van der Waals surface area (Å²) < 4.78 is 29.1. The molecule has 0 amide bonds. The zero-order valence-corrected chi connectivity index (χ0v) is 13.5. The van der Waals surface area contributed by atoms with Gasteiger partial charge in [-0.3, -0.25) is 9.40 Å². The average Bonchev–Trinajstić information content (AvgIpc) is 2.67. The Bertz CT molecular complexity index is 810. The van der Waals surface area contributed by atoms with Crippen LogP contribution in [0.5, 0.6) is 0 Å². The van der Waals surface area contributed by atoms with Gasteiger partial charge in [0, 0.05) is 18.8 Å². The first-order chi connectivity index (χ1) is 9.70. The van der Waals surface area contributed by atoms with Crippen molar-refractivity contribution in [1.82, 2.24) is 9.78 Å². The Morgan fingerprint density at radius 2 is 2.05 bits per heavy atom. The summed E-state index contributed by atoms with van der Waals surface area (Å²) >= 11 is 4.89. The second-order valence-corrected chi connectivity index (χ2v) is 6.84. The lowest BCUT2D eigenvalue weighted by Crippen LogP contribution is -2.16. The molecule has 0 saturated carbocycles. The first-order valence-electron chi connectivity index (χ1n) is 6.14. The maximum absolute atomic E-state index is 12.5. The molecule has 6 nitrogen and oxygen atoms in total. The summed E-state index contributed by atoms with van der Waals surface area (Å²) in [5.41, 5.74) is 7.73. The van der Waals surface area contributed by atoms with E-state index in [1.165, 1.54) is 6.07 Å². The van der Waals surface area contributed by atoms with Crippen molar-refractivity contribution in [3.8, 4) is 0 Å². The van der Waals surface area contributed by atoms with E-state index < -0.39 is 10.0 Å². The van der Waals surface area contributed by atoms with Gasteiger partial charge in [-0.15, -0.1) is 0 Å². The number of hydrogen-bond donors (Lipinski definition) is 2. The van der Waals surface area contributed by atoms with Gasteiger partial charge in [-0.05, 0) is 25.5 Å². The number of anilines is 1. The van der Waals surface area contributed by atoms with Gasteiger partial charge in [0.05, 0.1) is 16.3 Å². The highest BCUT2D eigenvalue weighted by Gasteiger charge is 2.20. The molecule has 0 aliphatic carbocycles. The molecule has 2 aromatic rings. The van der Waals surface area contributed by atoms with E-state index in [1.54, 1.807) is 43.9 Å². The summed E-state index contributed by atoms with van der Waals surface area (Å²) in [6.45, 7) is 3.45. The van der Waals surface area contributed by atoms with Gasteiger partial charge in [0.25, 0.3) is 10.0 Å². The average molecular weight is 324 g/mol. The van der Waals surface area contributed by atoms with E-state index in [0.717, 1.165) is 0 Å². The predicted molar refractivity (Wildman–Crippen MR) is 85.8 cm³/mol. The maximum Gasteiger partial charge on any atom is 0.262 e. The quantitative estimate of drug-likeness (QED) is 0.831. The molecule has 0 spiro atoms. The monoisotopic (exact) mass is 324 g/mol. The second-order valence-electron chi connectivity index (χ2n) is 4.75. The Labute approximate surface area is 129 Å². The Morgan fingerprint density at radius 1 is 1.38 bits per heavy atom. The van der Waals surface area contributed by atoms with Crippen LogP contribution in [0.25, 0.3) is 0 Å². The first kappa shape index (κ1) is 15.5. The molecule has 0 radical (unpaired) electrons. The van der Waals surface area contributed by atoms with Crippen LogP contribution >= 0.6 is 12.2 Å². The molecule has 0 unspecified atom stereocenters. The Morgan fingerprint density at radius 3 is 2.57 bits per heavy atom. The third kappa shape index (κ3) is 3.22. The molecule has 1 aromatic heterocycles. The van der Waals surface area contributed by atoms with Crippen LogP contribution in [0.3, 0.4) is 0 Å². The third-order valence-electron chi connectivity index (χ3n) is 3.02. The van der Waals surface area contributed by atoms with Crippen molar-refractivity contribution in [2.75, 3.05) is 4.72 Å². The van der Waals surface area contributed by atoms with Gasteiger partial charge < -0.3 is 5.73 Å². The van der Waals surface area contributed by atoms with E-state index in [-0.39, 0.29) is 9.88 Å². The Hall–Kier alpha value is -1.93. The molecular weight excluding hydrogens is 308 g/mol. The Kier molecular flexibility index (Phi) is 4.02. The molecule has 0 saturated heterocycles. The van der Waals surface area contributed by atoms with Crippen LogP contribution in [0.2, 0.25) is 0 Å². The smallest absolute Gasteiger partial charge is 0.262 e. The third-order valence-corrected chi connectivity index (χ3v) is 4.76. The number of aromatic nitrogens is 2. The van der Waals surface area contributed by atoms with E-state index in [9.17, 15) is 8.42 Å². The number of sulfonamides is 1. The van der Waals surface area contributed by atoms with Gasteiger partial charge in [-0.2, -0.15) is 5.10 Å². The van der Waals surface area contributed by atoms with Crippen LogP contribution in [0.4, 0.5) is 5.69 Å². The van der Waals surface area contributed by atoms with Crippen LogP contribution in [-0.4, -0.2) is 23.2 Å². The standard InChI is InChI=1S/C13H16N4O2S2/c1-8-4-5-10(13(14)20)6-12(8)21(18,19)16-11-7-17(3)15-9(11)2/h4-7,16H,1-3H3,(H2,14,20). The van der Waals surface area contributed by atoms with Gasteiger partial charge in [0.1, 0.15) is 4.99 Å².